The van der Waals surface area contributed by atoms with Crippen molar-refractivity contribution in [2.45, 2.75) is 31.3 Å². The first kappa shape index (κ1) is 13.1. The molecule has 6 nitrogen and oxygen atoms in total. The van der Waals surface area contributed by atoms with Crippen molar-refractivity contribution in [3.8, 4) is 0 Å². The molecule has 0 aromatic carbocycles. The van der Waals surface area contributed by atoms with Crippen LogP contribution in [0.5, 0.6) is 0 Å². The van der Waals surface area contributed by atoms with E-state index in [9.17, 15) is 8.42 Å². The van der Waals surface area contributed by atoms with Crippen LogP contribution in [-0.2, 0) is 16.6 Å². The predicted molar refractivity (Wildman–Crippen MR) is 59.4 cm³/mol. The van der Waals surface area contributed by atoms with Gasteiger partial charge in [-0.3, -0.25) is 0 Å². The number of sulfonamides is 1. The van der Waals surface area contributed by atoms with Crippen molar-refractivity contribution in [3.05, 3.63) is 12.5 Å². The van der Waals surface area contributed by atoms with Crippen molar-refractivity contribution < 1.29 is 13.5 Å². The monoisotopic (exact) mass is 247 g/mol. The highest BCUT2D eigenvalue weighted by Gasteiger charge is 2.15. The van der Waals surface area contributed by atoms with E-state index in [1.807, 2.05) is 6.92 Å². The fraction of sp³-hybridized carbons (Fsp3) is 0.667. The van der Waals surface area contributed by atoms with Crippen LogP contribution >= 0.6 is 0 Å². The van der Waals surface area contributed by atoms with E-state index in [0.717, 1.165) is 0 Å². The number of aliphatic hydroxyl groups is 1. The number of rotatable bonds is 7. The lowest BCUT2D eigenvalue weighted by Crippen LogP contribution is -2.25. The lowest BCUT2D eigenvalue weighted by Gasteiger charge is -2.02. The van der Waals surface area contributed by atoms with Gasteiger partial charge in [-0.2, -0.15) is 0 Å². The molecule has 1 aromatic heterocycles. The lowest BCUT2D eigenvalue weighted by molar-refractivity contribution is 0.285. The van der Waals surface area contributed by atoms with Gasteiger partial charge in [-0.15, -0.1) is 0 Å². The zero-order valence-corrected chi connectivity index (χ0v) is 10.1. The summed E-state index contributed by atoms with van der Waals surface area (Å²) in [6.07, 6.45) is 4.19. The topological polar surface area (TPSA) is 84.2 Å². The minimum atomic E-state index is -3.49. The molecule has 7 heteroatoms. The predicted octanol–water partition coefficient (Wildman–Crippen LogP) is -0.0462. The number of nitrogens with zero attached hydrogens (tertiary/aromatic N) is 2. The number of nitrogens with one attached hydrogen (secondary N) is 1. The molecule has 0 radical (unpaired) electrons. The third-order valence-corrected chi connectivity index (χ3v) is 3.47. The van der Waals surface area contributed by atoms with Gasteiger partial charge < -0.3 is 9.67 Å². The SMILES string of the molecule is CCn1cnc(S(=O)(=O)NCCCCO)c1. The summed E-state index contributed by atoms with van der Waals surface area (Å²) >= 11 is 0. The summed E-state index contributed by atoms with van der Waals surface area (Å²) in [5, 5.41) is 8.60. The zero-order chi connectivity index (χ0) is 12.0. The third-order valence-electron chi connectivity index (χ3n) is 2.13. The quantitative estimate of drug-likeness (QED) is 0.662. The first-order chi connectivity index (χ1) is 7.60. The summed E-state index contributed by atoms with van der Waals surface area (Å²) in [6, 6.07) is 0. The summed E-state index contributed by atoms with van der Waals surface area (Å²) in [6.45, 7) is 2.99. The Labute approximate surface area is 95.4 Å². The van der Waals surface area contributed by atoms with Gasteiger partial charge in [0.05, 0.1) is 6.33 Å². The Morgan fingerprint density at radius 3 is 2.81 bits per heavy atom. The van der Waals surface area contributed by atoms with Crippen molar-refractivity contribution in [2.24, 2.45) is 0 Å². The lowest BCUT2D eigenvalue weighted by atomic mass is 10.3. The molecule has 0 aliphatic carbocycles. The summed E-state index contributed by atoms with van der Waals surface area (Å²) in [5.74, 6) is 0. The van der Waals surface area contributed by atoms with Gasteiger partial charge in [0.25, 0.3) is 10.0 Å². The summed E-state index contributed by atoms with van der Waals surface area (Å²) < 4.78 is 27.5. The Balaban J connectivity index is 2.56. The Hall–Kier alpha value is -0.920. The van der Waals surface area contributed by atoms with E-state index in [4.69, 9.17) is 5.11 Å². The second-order valence-electron chi connectivity index (χ2n) is 3.37. The molecule has 0 saturated carbocycles. The van der Waals surface area contributed by atoms with Crippen LogP contribution in [0.4, 0.5) is 0 Å². The van der Waals surface area contributed by atoms with Gasteiger partial charge in [-0.05, 0) is 19.8 Å². The minimum Gasteiger partial charge on any atom is -0.396 e. The van der Waals surface area contributed by atoms with Gasteiger partial charge in [0.1, 0.15) is 0 Å². The Kier molecular flexibility index (Phi) is 4.91. The molecule has 0 aliphatic rings. The zero-order valence-electron chi connectivity index (χ0n) is 9.26. The normalized spacial score (nSPS) is 11.9. The van der Waals surface area contributed by atoms with Gasteiger partial charge >= 0.3 is 0 Å². The molecule has 0 unspecified atom stereocenters. The van der Waals surface area contributed by atoms with Gasteiger partial charge in [0.2, 0.25) is 0 Å². The minimum absolute atomic E-state index is 0.0401. The fourth-order valence-corrected chi connectivity index (χ4v) is 2.19. The van der Waals surface area contributed by atoms with E-state index >= 15 is 0 Å². The van der Waals surface area contributed by atoms with E-state index in [2.05, 4.69) is 9.71 Å². The summed E-state index contributed by atoms with van der Waals surface area (Å²) in [4.78, 5) is 3.82. The van der Waals surface area contributed by atoms with E-state index in [0.29, 0.717) is 25.9 Å². The number of aromatic nitrogens is 2. The van der Waals surface area contributed by atoms with Crippen molar-refractivity contribution >= 4 is 10.0 Å². The molecule has 2 N–H and O–H groups in total. The van der Waals surface area contributed by atoms with E-state index in [-0.39, 0.29) is 11.6 Å². The van der Waals surface area contributed by atoms with Crippen LogP contribution in [0.2, 0.25) is 0 Å². The van der Waals surface area contributed by atoms with E-state index in [1.165, 1.54) is 12.5 Å². The van der Waals surface area contributed by atoms with Crippen LogP contribution in [-0.4, -0.2) is 36.2 Å². The first-order valence-corrected chi connectivity index (χ1v) is 6.70. The number of hydrogen-bond donors (Lipinski definition) is 2. The van der Waals surface area contributed by atoms with Gasteiger partial charge in [0, 0.05) is 25.9 Å². The summed E-state index contributed by atoms with van der Waals surface area (Å²) in [7, 11) is -3.49. The van der Waals surface area contributed by atoms with Crippen molar-refractivity contribution in [3.63, 3.8) is 0 Å². The van der Waals surface area contributed by atoms with Gasteiger partial charge in [0.15, 0.2) is 5.03 Å². The number of imidazole rings is 1. The van der Waals surface area contributed by atoms with Gasteiger partial charge in [-0.1, -0.05) is 0 Å². The highest BCUT2D eigenvalue weighted by Crippen LogP contribution is 2.04. The highest BCUT2D eigenvalue weighted by atomic mass is 32.2. The van der Waals surface area contributed by atoms with Crippen LogP contribution in [0, 0.1) is 0 Å². The van der Waals surface area contributed by atoms with E-state index < -0.39 is 10.0 Å². The largest absolute Gasteiger partial charge is 0.396 e. The molecule has 0 atom stereocenters. The molecular weight excluding hydrogens is 230 g/mol. The Morgan fingerprint density at radius 2 is 2.25 bits per heavy atom. The van der Waals surface area contributed by atoms with Crippen molar-refractivity contribution in [1.82, 2.24) is 14.3 Å². The smallest absolute Gasteiger partial charge is 0.259 e. The van der Waals surface area contributed by atoms with Crippen LogP contribution in [0.25, 0.3) is 0 Å². The standard InChI is InChI=1S/C9H17N3O3S/c1-2-12-7-9(10-8-12)16(14,15)11-5-3-4-6-13/h7-8,11,13H,2-6H2,1H3. The Morgan fingerprint density at radius 1 is 1.50 bits per heavy atom. The molecule has 1 heterocycles. The molecule has 0 saturated heterocycles. The number of unbranched alkanes of at least 4 members (excludes halogenated alkanes) is 1. The molecular formula is C9H17N3O3S. The van der Waals surface area contributed by atoms with Crippen molar-refractivity contribution in [2.75, 3.05) is 13.2 Å². The van der Waals surface area contributed by atoms with Crippen LogP contribution in [0.1, 0.15) is 19.8 Å². The molecule has 0 spiro atoms. The molecule has 16 heavy (non-hydrogen) atoms. The van der Waals surface area contributed by atoms with E-state index in [1.54, 1.807) is 4.57 Å². The number of aryl methyl sites for hydroxylation is 1. The van der Waals surface area contributed by atoms with Crippen molar-refractivity contribution in [1.29, 1.82) is 0 Å². The Bertz CT molecular complexity index is 413. The first-order valence-electron chi connectivity index (χ1n) is 5.22. The van der Waals surface area contributed by atoms with Gasteiger partial charge in [-0.25, -0.2) is 18.1 Å². The van der Waals surface area contributed by atoms with Crippen LogP contribution in [0.3, 0.4) is 0 Å². The maximum absolute atomic E-state index is 11.7. The molecule has 1 rings (SSSR count). The molecule has 0 bridgehead atoms. The van der Waals surface area contributed by atoms with Crippen LogP contribution < -0.4 is 4.72 Å². The molecule has 0 fully saturated rings. The molecule has 92 valence electrons. The summed E-state index contributed by atoms with van der Waals surface area (Å²) in [5.41, 5.74) is 0. The second-order valence-corrected chi connectivity index (χ2v) is 5.08. The molecule has 0 amide bonds. The second kappa shape index (κ2) is 5.97. The number of hydrogen-bond acceptors (Lipinski definition) is 4. The average Bonchev–Trinajstić information content (AvgIpc) is 2.73. The van der Waals surface area contributed by atoms with Crippen LogP contribution in [0.15, 0.2) is 17.6 Å². The maximum Gasteiger partial charge on any atom is 0.259 e. The molecule has 0 aliphatic heterocycles. The molecule has 1 aromatic rings. The number of aliphatic hydroxyl groups excluding tert-OH is 1. The highest BCUT2D eigenvalue weighted by molar-refractivity contribution is 7.89. The average molecular weight is 247 g/mol. The fourth-order valence-electron chi connectivity index (χ4n) is 1.17. The third kappa shape index (κ3) is 3.58. The maximum atomic E-state index is 11.7.